The zero-order valence-corrected chi connectivity index (χ0v) is 34.1. The Morgan fingerprint density at radius 1 is 0.633 bits per heavy atom. The fourth-order valence-corrected chi connectivity index (χ4v) is 5.34. The van der Waals surface area contributed by atoms with Crippen LogP contribution in [0.5, 0.6) is 0 Å². The Kier molecular flexibility index (Phi) is 40.9. The Balaban J connectivity index is 0. The maximum atomic E-state index is 12.1. The van der Waals surface area contributed by atoms with Crippen molar-refractivity contribution < 1.29 is 28.8 Å². The molecule has 49 heavy (non-hydrogen) atoms. The largest absolute Gasteiger partial charge is 0.447 e. The monoisotopic (exact) mass is 702 g/mol. The molecule has 296 valence electrons. The molecular weight excluding hydrogens is 614 g/mol. The molecule has 0 aliphatic rings. The van der Waals surface area contributed by atoms with Gasteiger partial charge in [-0.25, -0.2) is 4.79 Å². The first-order valence-electron chi connectivity index (χ1n) is 21.0. The topological polar surface area (TPSA) is 86.3 Å². The van der Waals surface area contributed by atoms with Gasteiger partial charge in [0.25, 0.3) is 0 Å². The van der Waals surface area contributed by atoms with E-state index in [1.165, 1.54) is 141 Å². The average molecular weight is 702 g/mol. The third kappa shape index (κ3) is 43.2. The van der Waals surface area contributed by atoms with Gasteiger partial charge < -0.3 is 29.4 Å². The molecule has 7 heteroatoms. The van der Waals surface area contributed by atoms with E-state index in [9.17, 15) is 4.79 Å². The molecule has 0 bridgehead atoms. The SMILES string of the molecule is CCCCCCCCCCCCCCOC[C@H](COC(=O)NCCC(C)C)OCCCCCCCCCCCCCC.COC(C)(C)CO. The lowest BCUT2D eigenvalue weighted by molar-refractivity contribution is -0.0468. The number of carbonyl (C=O) groups is 1. The highest BCUT2D eigenvalue weighted by Gasteiger charge is 2.14. The zero-order valence-electron chi connectivity index (χ0n) is 34.1. The molecule has 0 saturated heterocycles. The summed E-state index contributed by atoms with van der Waals surface area (Å²) in [6.07, 6.45) is 32.6. The van der Waals surface area contributed by atoms with Crippen LogP contribution in [0.2, 0.25) is 0 Å². The number of unbranched alkanes of at least 4 members (excludes halogenated alkanes) is 22. The van der Waals surface area contributed by atoms with Gasteiger partial charge in [-0.15, -0.1) is 0 Å². The quantitative estimate of drug-likeness (QED) is 0.0632. The molecule has 0 unspecified atom stereocenters. The number of carbonyl (C=O) groups excluding carboxylic acids is 1. The minimum absolute atomic E-state index is 0.0729. The number of rotatable bonds is 36. The molecule has 0 aromatic carbocycles. The summed E-state index contributed by atoms with van der Waals surface area (Å²) in [7, 11) is 1.58. The van der Waals surface area contributed by atoms with E-state index in [0.29, 0.717) is 25.7 Å². The summed E-state index contributed by atoms with van der Waals surface area (Å²) in [4.78, 5) is 12.1. The van der Waals surface area contributed by atoms with Gasteiger partial charge >= 0.3 is 6.09 Å². The first-order chi connectivity index (χ1) is 23.7. The van der Waals surface area contributed by atoms with Crippen molar-refractivity contribution in [3.05, 3.63) is 0 Å². The van der Waals surface area contributed by atoms with E-state index in [2.05, 4.69) is 33.0 Å². The van der Waals surface area contributed by atoms with Crippen molar-refractivity contribution in [2.24, 2.45) is 5.92 Å². The number of alkyl carbamates (subject to hydrolysis) is 1. The molecule has 1 atom stereocenters. The van der Waals surface area contributed by atoms with Crippen molar-refractivity contribution >= 4 is 6.09 Å². The summed E-state index contributed by atoms with van der Waals surface area (Å²) >= 11 is 0. The molecule has 0 heterocycles. The minimum atomic E-state index is -0.361. The Labute approximate surface area is 306 Å². The van der Waals surface area contributed by atoms with Gasteiger partial charge in [-0.1, -0.05) is 169 Å². The van der Waals surface area contributed by atoms with E-state index in [1.54, 1.807) is 7.11 Å². The molecule has 0 rings (SSSR count). The highest BCUT2D eigenvalue weighted by Crippen LogP contribution is 2.14. The first kappa shape index (κ1) is 50.2. The Morgan fingerprint density at radius 3 is 1.41 bits per heavy atom. The second-order valence-corrected chi connectivity index (χ2v) is 15.2. The Hall–Kier alpha value is -0.890. The zero-order chi connectivity index (χ0) is 36.7. The summed E-state index contributed by atoms with van der Waals surface area (Å²) < 4.78 is 22.4. The number of hydrogen-bond donors (Lipinski definition) is 2. The van der Waals surface area contributed by atoms with Gasteiger partial charge in [0.2, 0.25) is 0 Å². The van der Waals surface area contributed by atoms with Gasteiger partial charge in [0.05, 0.1) is 18.8 Å². The smallest absolute Gasteiger partial charge is 0.407 e. The summed E-state index contributed by atoms with van der Waals surface area (Å²) in [6.45, 7) is 15.5. The van der Waals surface area contributed by atoms with Crippen LogP contribution in [0, 0.1) is 5.92 Å². The van der Waals surface area contributed by atoms with Crippen LogP contribution < -0.4 is 5.32 Å². The lowest BCUT2D eigenvalue weighted by Gasteiger charge is -2.18. The molecule has 0 saturated carbocycles. The minimum Gasteiger partial charge on any atom is -0.447 e. The van der Waals surface area contributed by atoms with Gasteiger partial charge in [-0.3, -0.25) is 0 Å². The number of nitrogens with one attached hydrogen (secondary N) is 1. The van der Waals surface area contributed by atoms with Gasteiger partial charge in [-0.2, -0.15) is 0 Å². The number of aliphatic hydroxyl groups excluding tert-OH is 1. The predicted molar refractivity (Wildman–Crippen MR) is 210 cm³/mol. The van der Waals surface area contributed by atoms with Crippen LogP contribution in [-0.2, 0) is 18.9 Å². The summed E-state index contributed by atoms with van der Waals surface area (Å²) in [5, 5.41) is 11.3. The second-order valence-electron chi connectivity index (χ2n) is 15.2. The maximum absolute atomic E-state index is 12.1. The molecule has 0 spiro atoms. The molecule has 0 aromatic heterocycles. The molecule has 2 N–H and O–H groups in total. The number of amides is 1. The van der Waals surface area contributed by atoms with E-state index in [-0.39, 0.29) is 31.0 Å². The predicted octanol–water partition coefficient (Wildman–Crippen LogP) is 12.0. The van der Waals surface area contributed by atoms with Crippen LogP contribution in [-0.4, -0.2) is 69.6 Å². The Morgan fingerprint density at radius 2 is 1.04 bits per heavy atom. The maximum Gasteiger partial charge on any atom is 0.407 e. The van der Waals surface area contributed by atoms with Crippen LogP contribution in [0.25, 0.3) is 0 Å². The second kappa shape index (κ2) is 39.9. The summed E-state index contributed by atoms with van der Waals surface area (Å²) in [5.41, 5.74) is -0.361. The number of hydrogen-bond acceptors (Lipinski definition) is 6. The lowest BCUT2D eigenvalue weighted by Crippen LogP contribution is -2.32. The molecule has 7 nitrogen and oxygen atoms in total. The third-order valence-electron chi connectivity index (χ3n) is 9.12. The van der Waals surface area contributed by atoms with Crippen molar-refractivity contribution in [2.45, 2.75) is 214 Å². The van der Waals surface area contributed by atoms with Crippen molar-refractivity contribution in [3.63, 3.8) is 0 Å². The van der Waals surface area contributed by atoms with E-state index in [1.807, 2.05) is 13.8 Å². The van der Waals surface area contributed by atoms with Crippen molar-refractivity contribution in [1.82, 2.24) is 5.32 Å². The fraction of sp³-hybridized carbons (Fsp3) is 0.976. The highest BCUT2D eigenvalue weighted by molar-refractivity contribution is 5.67. The summed E-state index contributed by atoms with van der Waals surface area (Å²) in [5.74, 6) is 0.561. The van der Waals surface area contributed by atoms with Gasteiger partial charge in [0, 0.05) is 26.9 Å². The highest BCUT2D eigenvalue weighted by atomic mass is 16.6. The molecule has 0 aliphatic heterocycles. The number of ether oxygens (including phenoxy) is 4. The van der Waals surface area contributed by atoms with Crippen molar-refractivity contribution in [1.29, 1.82) is 0 Å². The van der Waals surface area contributed by atoms with Crippen LogP contribution in [0.4, 0.5) is 4.79 Å². The van der Waals surface area contributed by atoms with Gasteiger partial charge in [0.15, 0.2) is 0 Å². The van der Waals surface area contributed by atoms with Crippen LogP contribution in [0.3, 0.4) is 0 Å². The lowest BCUT2D eigenvalue weighted by atomic mass is 10.1. The molecule has 1 amide bonds. The average Bonchev–Trinajstić information content (AvgIpc) is 3.09. The first-order valence-corrected chi connectivity index (χ1v) is 21.0. The van der Waals surface area contributed by atoms with Crippen LogP contribution in [0.1, 0.15) is 202 Å². The van der Waals surface area contributed by atoms with E-state index < -0.39 is 0 Å². The normalized spacial score (nSPS) is 12.2. The standard InChI is InChI=1S/C37H75NO4.C5H12O2/c1-5-7-9-11-13-15-17-19-21-23-25-27-31-40-33-36(34-42-37(39)38-30-29-35(3)4)41-32-28-26-24-22-20-18-16-14-12-10-8-6-2;1-5(2,4-6)7-3/h35-36H,5-34H2,1-4H3,(H,38,39);6H,4H2,1-3H3/t36-;/m1./s1. The van der Waals surface area contributed by atoms with E-state index in [0.717, 1.165) is 25.9 Å². The van der Waals surface area contributed by atoms with Crippen molar-refractivity contribution in [3.8, 4) is 0 Å². The fourth-order valence-electron chi connectivity index (χ4n) is 5.34. The molecular formula is C42H87NO6. The molecule has 0 aliphatic carbocycles. The molecule has 0 radical (unpaired) electrons. The van der Waals surface area contributed by atoms with Crippen molar-refractivity contribution in [2.75, 3.05) is 46.7 Å². The number of aliphatic hydroxyl groups is 1. The van der Waals surface area contributed by atoms with Crippen LogP contribution >= 0.6 is 0 Å². The van der Waals surface area contributed by atoms with Crippen LogP contribution in [0.15, 0.2) is 0 Å². The van der Waals surface area contributed by atoms with E-state index >= 15 is 0 Å². The van der Waals surface area contributed by atoms with E-state index in [4.69, 9.17) is 24.1 Å². The molecule has 0 aromatic rings. The summed E-state index contributed by atoms with van der Waals surface area (Å²) in [6, 6.07) is 0. The third-order valence-corrected chi connectivity index (χ3v) is 9.12. The number of methoxy groups -OCH3 is 1. The molecule has 0 fully saturated rings. The van der Waals surface area contributed by atoms with Gasteiger partial charge in [-0.05, 0) is 39.0 Å². The van der Waals surface area contributed by atoms with Gasteiger partial charge in [0.1, 0.15) is 12.7 Å². The Bertz CT molecular complexity index is 639.